The zero-order valence-electron chi connectivity index (χ0n) is 11.4. The number of aryl methyl sites for hydroxylation is 1. The first-order chi connectivity index (χ1) is 9.29. The Kier molecular flexibility index (Phi) is 3.66. The number of aromatic nitrogens is 2. The SMILES string of the molecule is Cc1nc(N2CCOC3CCCCC32)ncc1CO. The molecule has 1 aliphatic carbocycles. The van der Waals surface area contributed by atoms with E-state index in [2.05, 4.69) is 14.9 Å². The van der Waals surface area contributed by atoms with E-state index in [0.29, 0.717) is 12.1 Å². The molecule has 2 fully saturated rings. The maximum absolute atomic E-state index is 9.19. The number of nitrogens with zero attached hydrogens (tertiary/aromatic N) is 3. The van der Waals surface area contributed by atoms with Crippen LogP contribution in [-0.2, 0) is 11.3 Å². The van der Waals surface area contributed by atoms with Crippen molar-refractivity contribution in [3.63, 3.8) is 0 Å². The number of hydrogen-bond donors (Lipinski definition) is 1. The van der Waals surface area contributed by atoms with Crippen LogP contribution in [0, 0.1) is 6.92 Å². The van der Waals surface area contributed by atoms with Crippen LogP contribution in [0.5, 0.6) is 0 Å². The summed E-state index contributed by atoms with van der Waals surface area (Å²) < 4.78 is 5.87. The molecule has 5 heteroatoms. The molecule has 1 N–H and O–H groups in total. The summed E-state index contributed by atoms with van der Waals surface area (Å²) in [5.74, 6) is 0.787. The second-order valence-corrected chi connectivity index (χ2v) is 5.39. The molecule has 0 amide bonds. The molecule has 19 heavy (non-hydrogen) atoms. The maximum Gasteiger partial charge on any atom is 0.225 e. The predicted octanol–water partition coefficient (Wildman–Crippen LogP) is 1.43. The van der Waals surface area contributed by atoms with Gasteiger partial charge in [0.25, 0.3) is 0 Å². The topological polar surface area (TPSA) is 58.5 Å². The van der Waals surface area contributed by atoms with Gasteiger partial charge in [-0.15, -0.1) is 0 Å². The first-order valence-corrected chi connectivity index (χ1v) is 7.11. The Morgan fingerprint density at radius 1 is 1.42 bits per heavy atom. The fraction of sp³-hybridized carbons (Fsp3) is 0.714. The summed E-state index contributed by atoms with van der Waals surface area (Å²) in [4.78, 5) is 11.3. The largest absolute Gasteiger partial charge is 0.392 e. The lowest BCUT2D eigenvalue weighted by molar-refractivity contribution is -0.00934. The number of hydrogen-bond acceptors (Lipinski definition) is 5. The molecule has 0 radical (unpaired) electrons. The highest BCUT2D eigenvalue weighted by Crippen LogP contribution is 2.30. The van der Waals surface area contributed by atoms with Crippen LogP contribution in [0.4, 0.5) is 5.95 Å². The first kappa shape index (κ1) is 12.8. The highest BCUT2D eigenvalue weighted by Gasteiger charge is 2.35. The van der Waals surface area contributed by atoms with Crippen molar-refractivity contribution in [1.82, 2.24) is 9.97 Å². The van der Waals surface area contributed by atoms with E-state index in [4.69, 9.17) is 4.74 Å². The minimum atomic E-state index is 0.00127. The van der Waals surface area contributed by atoms with Crippen LogP contribution in [0.2, 0.25) is 0 Å². The number of rotatable bonds is 2. The summed E-state index contributed by atoms with van der Waals surface area (Å²) in [5.41, 5.74) is 1.67. The van der Waals surface area contributed by atoms with Crippen molar-refractivity contribution in [2.75, 3.05) is 18.1 Å². The molecule has 2 aliphatic rings. The van der Waals surface area contributed by atoms with Crippen molar-refractivity contribution in [2.24, 2.45) is 0 Å². The zero-order chi connectivity index (χ0) is 13.2. The smallest absolute Gasteiger partial charge is 0.225 e. The van der Waals surface area contributed by atoms with Crippen molar-refractivity contribution >= 4 is 5.95 Å². The number of fused-ring (bicyclic) bond motifs is 1. The normalized spacial score (nSPS) is 27.2. The fourth-order valence-electron chi connectivity index (χ4n) is 3.12. The van der Waals surface area contributed by atoms with Gasteiger partial charge in [-0.3, -0.25) is 0 Å². The second kappa shape index (κ2) is 5.43. The summed E-state index contributed by atoms with van der Waals surface area (Å²) >= 11 is 0. The molecule has 2 heterocycles. The fourth-order valence-corrected chi connectivity index (χ4v) is 3.12. The standard InChI is InChI=1S/C14H21N3O2/c1-10-11(9-18)8-15-14(16-10)17-6-7-19-13-5-3-2-4-12(13)17/h8,12-13,18H,2-7,9H2,1H3. The van der Waals surface area contributed by atoms with Crippen LogP contribution in [0.15, 0.2) is 6.20 Å². The number of aliphatic hydroxyl groups excluding tert-OH is 1. The molecule has 2 atom stereocenters. The van der Waals surface area contributed by atoms with E-state index >= 15 is 0 Å². The molecule has 1 aromatic rings. The summed E-state index contributed by atoms with van der Waals surface area (Å²) in [6.45, 7) is 3.54. The van der Waals surface area contributed by atoms with Crippen LogP contribution in [-0.4, -0.2) is 40.4 Å². The minimum absolute atomic E-state index is 0.00127. The van der Waals surface area contributed by atoms with Crippen molar-refractivity contribution in [3.05, 3.63) is 17.5 Å². The molecule has 0 spiro atoms. The molecule has 1 aromatic heterocycles. The number of aliphatic hydroxyl groups is 1. The lowest BCUT2D eigenvalue weighted by Gasteiger charge is -2.43. The second-order valence-electron chi connectivity index (χ2n) is 5.39. The van der Waals surface area contributed by atoms with Gasteiger partial charge in [0.15, 0.2) is 0 Å². The Morgan fingerprint density at radius 3 is 3.05 bits per heavy atom. The summed E-state index contributed by atoms with van der Waals surface area (Å²) in [6.07, 6.45) is 6.91. The van der Waals surface area contributed by atoms with Gasteiger partial charge in [0.1, 0.15) is 0 Å². The van der Waals surface area contributed by atoms with Gasteiger partial charge in [0, 0.05) is 24.0 Å². The average Bonchev–Trinajstić information content (AvgIpc) is 2.46. The van der Waals surface area contributed by atoms with Crippen molar-refractivity contribution < 1.29 is 9.84 Å². The van der Waals surface area contributed by atoms with Gasteiger partial charge in [-0.25, -0.2) is 9.97 Å². The van der Waals surface area contributed by atoms with Crippen LogP contribution in [0.1, 0.15) is 36.9 Å². The van der Waals surface area contributed by atoms with E-state index in [-0.39, 0.29) is 6.61 Å². The van der Waals surface area contributed by atoms with E-state index in [1.54, 1.807) is 6.20 Å². The lowest BCUT2D eigenvalue weighted by atomic mass is 9.90. The van der Waals surface area contributed by atoms with Crippen molar-refractivity contribution in [1.29, 1.82) is 0 Å². The Hall–Kier alpha value is -1.20. The van der Waals surface area contributed by atoms with Crippen molar-refractivity contribution in [2.45, 2.75) is 51.4 Å². The average molecular weight is 263 g/mol. The third-order valence-electron chi connectivity index (χ3n) is 4.23. The number of anilines is 1. The van der Waals surface area contributed by atoms with E-state index < -0.39 is 0 Å². The summed E-state index contributed by atoms with van der Waals surface area (Å²) in [7, 11) is 0. The molecule has 1 saturated carbocycles. The maximum atomic E-state index is 9.19. The molecular weight excluding hydrogens is 242 g/mol. The lowest BCUT2D eigenvalue weighted by Crippen LogP contribution is -2.53. The predicted molar refractivity (Wildman–Crippen MR) is 72.0 cm³/mol. The third-order valence-corrected chi connectivity index (χ3v) is 4.23. The molecule has 0 bridgehead atoms. The van der Waals surface area contributed by atoms with Gasteiger partial charge in [-0.2, -0.15) is 0 Å². The van der Waals surface area contributed by atoms with Crippen LogP contribution < -0.4 is 4.90 Å². The molecule has 5 nitrogen and oxygen atoms in total. The first-order valence-electron chi connectivity index (χ1n) is 7.11. The van der Waals surface area contributed by atoms with E-state index in [1.165, 1.54) is 12.8 Å². The molecule has 1 saturated heterocycles. The summed E-state index contributed by atoms with van der Waals surface area (Å²) in [6, 6.07) is 0.418. The van der Waals surface area contributed by atoms with Crippen molar-refractivity contribution in [3.8, 4) is 0 Å². The van der Waals surface area contributed by atoms with Gasteiger partial charge in [0.05, 0.1) is 25.4 Å². The van der Waals surface area contributed by atoms with E-state index in [9.17, 15) is 5.11 Å². The van der Waals surface area contributed by atoms with Gasteiger partial charge in [-0.1, -0.05) is 12.8 Å². The zero-order valence-corrected chi connectivity index (χ0v) is 11.4. The highest BCUT2D eigenvalue weighted by atomic mass is 16.5. The molecular formula is C14H21N3O2. The minimum Gasteiger partial charge on any atom is -0.392 e. The third kappa shape index (κ3) is 2.44. The highest BCUT2D eigenvalue weighted by molar-refractivity contribution is 5.35. The molecule has 3 rings (SSSR count). The Balaban J connectivity index is 1.85. The Morgan fingerprint density at radius 2 is 2.26 bits per heavy atom. The molecule has 1 aliphatic heterocycles. The van der Waals surface area contributed by atoms with Crippen LogP contribution in [0.25, 0.3) is 0 Å². The number of morpholine rings is 1. The quantitative estimate of drug-likeness (QED) is 0.874. The Bertz CT molecular complexity index is 450. The van der Waals surface area contributed by atoms with Crippen LogP contribution in [0.3, 0.4) is 0 Å². The molecule has 104 valence electrons. The molecule has 2 unspecified atom stereocenters. The van der Waals surface area contributed by atoms with Crippen LogP contribution >= 0.6 is 0 Å². The Labute approximate surface area is 113 Å². The van der Waals surface area contributed by atoms with E-state index in [1.807, 2.05) is 6.92 Å². The molecule has 0 aromatic carbocycles. The van der Waals surface area contributed by atoms with Gasteiger partial charge in [-0.05, 0) is 19.8 Å². The van der Waals surface area contributed by atoms with Gasteiger partial charge in [0.2, 0.25) is 5.95 Å². The monoisotopic (exact) mass is 263 g/mol. The summed E-state index contributed by atoms with van der Waals surface area (Å²) in [5, 5.41) is 9.19. The van der Waals surface area contributed by atoms with Gasteiger partial charge >= 0.3 is 0 Å². The number of ether oxygens (including phenoxy) is 1. The van der Waals surface area contributed by atoms with E-state index in [0.717, 1.165) is 43.2 Å². The van der Waals surface area contributed by atoms with Gasteiger partial charge < -0.3 is 14.7 Å².